The van der Waals surface area contributed by atoms with Crippen LogP contribution in [0.4, 0.5) is 13.2 Å². The summed E-state index contributed by atoms with van der Waals surface area (Å²) in [5.74, 6) is -4.20. The fourth-order valence-electron chi connectivity index (χ4n) is 1.71. The smallest absolute Gasteiger partial charge is 0.195 e. The Kier molecular flexibility index (Phi) is 3.66. The van der Waals surface area contributed by atoms with E-state index in [9.17, 15) is 13.2 Å². The van der Waals surface area contributed by atoms with Crippen LogP contribution in [0.15, 0.2) is 24.8 Å². The van der Waals surface area contributed by atoms with Crippen molar-refractivity contribution in [3.63, 3.8) is 0 Å². The van der Waals surface area contributed by atoms with Crippen LogP contribution in [-0.2, 0) is 13.2 Å². The van der Waals surface area contributed by atoms with Gasteiger partial charge in [-0.15, -0.1) is 11.7 Å². The summed E-state index contributed by atoms with van der Waals surface area (Å²) in [6, 6.07) is 1.88. The van der Waals surface area contributed by atoms with Crippen molar-refractivity contribution in [1.82, 2.24) is 15.0 Å². The third-order valence-electron chi connectivity index (χ3n) is 2.55. The molecule has 0 aliphatic heterocycles. The summed E-state index contributed by atoms with van der Waals surface area (Å²) in [4.78, 5) is 0. The highest BCUT2D eigenvalue weighted by Crippen LogP contribution is 2.28. The molecule has 1 heterocycles. The Morgan fingerprint density at radius 2 is 2.00 bits per heavy atom. The molecule has 0 fully saturated rings. The first-order valence-electron chi connectivity index (χ1n) is 5.38. The summed E-state index contributed by atoms with van der Waals surface area (Å²) in [6.45, 7) is 3.20. The van der Waals surface area contributed by atoms with Gasteiger partial charge in [-0.25, -0.2) is 17.9 Å². The molecule has 0 bridgehead atoms. The summed E-state index contributed by atoms with van der Waals surface area (Å²) in [7, 11) is 0. The van der Waals surface area contributed by atoms with Crippen molar-refractivity contribution in [3.8, 4) is 11.3 Å². The Morgan fingerprint density at radius 3 is 2.63 bits per heavy atom. The second-order valence-corrected chi connectivity index (χ2v) is 3.74. The SMILES string of the molecule is C=CCn1nnc(CO)c1-c1ccc(F)c(F)c1F. The molecule has 0 atom stereocenters. The van der Waals surface area contributed by atoms with Crippen LogP contribution < -0.4 is 0 Å². The van der Waals surface area contributed by atoms with Crippen LogP contribution >= 0.6 is 0 Å². The molecule has 1 aromatic heterocycles. The van der Waals surface area contributed by atoms with E-state index in [4.69, 9.17) is 5.11 Å². The van der Waals surface area contributed by atoms with E-state index in [1.54, 1.807) is 0 Å². The lowest BCUT2D eigenvalue weighted by Crippen LogP contribution is -2.04. The lowest BCUT2D eigenvalue weighted by Gasteiger charge is -2.07. The summed E-state index contributed by atoms with van der Waals surface area (Å²) in [5, 5.41) is 16.5. The predicted molar refractivity (Wildman–Crippen MR) is 61.5 cm³/mol. The molecular formula is C12H10F3N3O. The summed E-state index contributed by atoms with van der Waals surface area (Å²) in [6.07, 6.45) is 1.48. The zero-order valence-electron chi connectivity index (χ0n) is 9.78. The summed E-state index contributed by atoms with van der Waals surface area (Å²) < 4.78 is 41.2. The fourth-order valence-corrected chi connectivity index (χ4v) is 1.71. The van der Waals surface area contributed by atoms with Gasteiger partial charge in [0, 0.05) is 5.56 Å². The zero-order chi connectivity index (χ0) is 14.0. The van der Waals surface area contributed by atoms with E-state index in [1.165, 1.54) is 10.8 Å². The van der Waals surface area contributed by atoms with Gasteiger partial charge in [-0.1, -0.05) is 11.3 Å². The number of aliphatic hydroxyl groups excluding tert-OH is 1. The van der Waals surface area contributed by atoms with E-state index in [1.807, 2.05) is 0 Å². The molecule has 0 radical (unpaired) electrons. The zero-order valence-corrected chi connectivity index (χ0v) is 9.78. The minimum atomic E-state index is -1.58. The van der Waals surface area contributed by atoms with Gasteiger partial charge in [0.1, 0.15) is 5.69 Å². The normalized spacial score (nSPS) is 10.7. The molecule has 0 spiro atoms. The van der Waals surface area contributed by atoms with E-state index in [-0.39, 0.29) is 23.5 Å². The minimum absolute atomic E-state index is 0.0757. The molecule has 0 aliphatic rings. The molecule has 0 unspecified atom stereocenters. The number of rotatable bonds is 4. The number of aliphatic hydroxyl groups is 1. The fraction of sp³-hybridized carbons (Fsp3) is 0.167. The van der Waals surface area contributed by atoms with E-state index >= 15 is 0 Å². The molecule has 100 valence electrons. The summed E-state index contributed by atoms with van der Waals surface area (Å²) in [5.41, 5.74) is -0.0413. The second kappa shape index (κ2) is 5.23. The second-order valence-electron chi connectivity index (χ2n) is 3.74. The lowest BCUT2D eigenvalue weighted by atomic mass is 10.1. The van der Waals surface area contributed by atoms with Gasteiger partial charge < -0.3 is 5.11 Å². The quantitative estimate of drug-likeness (QED) is 0.682. The highest BCUT2D eigenvalue weighted by molar-refractivity contribution is 5.62. The first-order chi connectivity index (χ1) is 9.10. The predicted octanol–water partition coefficient (Wildman–Crippen LogP) is 2.04. The number of halogens is 3. The molecule has 2 aromatic rings. The van der Waals surface area contributed by atoms with Crippen LogP contribution in [0.3, 0.4) is 0 Å². The lowest BCUT2D eigenvalue weighted by molar-refractivity contribution is 0.277. The highest BCUT2D eigenvalue weighted by atomic mass is 19.2. The maximum absolute atomic E-state index is 13.8. The van der Waals surface area contributed by atoms with Crippen molar-refractivity contribution in [1.29, 1.82) is 0 Å². The van der Waals surface area contributed by atoms with Crippen LogP contribution in [0.1, 0.15) is 5.69 Å². The third-order valence-corrected chi connectivity index (χ3v) is 2.55. The maximum atomic E-state index is 13.8. The van der Waals surface area contributed by atoms with Crippen LogP contribution in [0.2, 0.25) is 0 Å². The molecule has 0 saturated carbocycles. The van der Waals surface area contributed by atoms with Crippen molar-refractivity contribution in [2.24, 2.45) is 0 Å². The van der Waals surface area contributed by atoms with Crippen molar-refractivity contribution in [2.45, 2.75) is 13.2 Å². The van der Waals surface area contributed by atoms with Gasteiger partial charge in [-0.3, -0.25) is 0 Å². The Morgan fingerprint density at radius 1 is 1.26 bits per heavy atom. The van der Waals surface area contributed by atoms with Crippen molar-refractivity contribution >= 4 is 0 Å². The third kappa shape index (κ3) is 2.24. The molecule has 1 N–H and O–H groups in total. The van der Waals surface area contributed by atoms with Gasteiger partial charge >= 0.3 is 0 Å². The van der Waals surface area contributed by atoms with Gasteiger partial charge in [0.15, 0.2) is 17.5 Å². The minimum Gasteiger partial charge on any atom is -0.390 e. The van der Waals surface area contributed by atoms with Crippen LogP contribution in [0.5, 0.6) is 0 Å². The highest BCUT2D eigenvalue weighted by Gasteiger charge is 2.21. The Bertz CT molecular complexity index is 625. The molecule has 2 rings (SSSR count). The van der Waals surface area contributed by atoms with Crippen molar-refractivity contribution in [2.75, 3.05) is 0 Å². The average molecular weight is 269 g/mol. The van der Waals surface area contributed by atoms with E-state index < -0.39 is 24.1 Å². The number of aromatic nitrogens is 3. The van der Waals surface area contributed by atoms with Gasteiger partial charge in [0.25, 0.3) is 0 Å². The van der Waals surface area contributed by atoms with Crippen LogP contribution in [0.25, 0.3) is 11.3 Å². The standard InChI is InChI=1S/C12H10F3N3O/c1-2-5-18-12(9(6-19)16-17-18)7-3-4-8(13)11(15)10(7)14/h2-4,19H,1,5-6H2. The van der Waals surface area contributed by atoms with Crippen LogP contribution in [-0.4, -0.2) is 20.1 Å². The average Bonchev–Trinajstić information content (AvgIpc) is 2.80. The molecule has 0 saturated heterocycles. The largest absolute Gasteiger partial charge is 0.390 e. The molecule has 19 heavy (non-hydrogen) atoms. The van der Waals surface area contributed by atoms with E-state index in [0.29, 0.717) is 0 Å². The molecule has 4 nitrogen and oxygen atoms in total. The molecule has 0 aliphatic carbocycles. The van der Waals surface area contributed by atoms with Gasteiger partial charge in [-0.05, 0) is 12.1 Å². The van der Waals surface area contributed by atoms with E-state index in [2.05, 4.69) is 16.9 Å². The first-order valence-corrected chi connectivity index (χ1v) is 5.38. The van der Waals surface area contributed by atoms with Gasteiger partial charge in [0.05, 0.1) is 18.8 Å². The number of allylic oxidation sites excluding steroid dienone is 1. The van der Waals surface area contributed by atoms with Gasteiger partial charge in [-0.2, -0.15) is 0 Å². The number of hydrogen-bond acceptors (Lipinski definition) is 3. The van der Waals surface area contributed by atoms with Crippen LogP contribution in [0, 0.1) is 17.5 Å². The number of hydrogen-bond donors (Lipinski definition) is 1. The monoisotopic (exact) mass is 269 g/mol. The first kappa shape index (κ1) is 13.3. The van der Waals surface area contributed by atoms with Crippen molar-refractivity contribution in [3.05, 3.63) is 47.9 Å². The molecule has 1 aromatic carbocycles. The molecule has 0 amide bonds. The topological polar surface area (TPSA) is 50.9 Å². The summed E-state index contributed by atoms with van der Waals surface area (Å²) >= 11 is 0. The molecular weight excluding hydrogens is 259 g/mol. The van der Waals surface area contributed by atoms with E-state index in [0.717, 1.165) is 12.1 Å². The van der Waals surface area contributed by atoms with Crippen molar-refractivity contribution < 1.29 is 18.3 Å². The van der Waals surface area contributed by atoms with Gasteiger partial charge in [0.2, 0.25) is 0 Å². The Labute approximate surface area is 106 Å². The number of nitrogens with zero attached hydrogens (tertiary/aromatic N) is 3. The maximum Gasteiger partial charge on any atom is 0.195 e. The Balaban J connectivity index is 2.67. The Hall–Kier alpha value is -2.15. The number of benzene rings is 1. The molecule has 7 heteroatoms.